The third kappa shape index (κ3) is 6.37. The van der Waals surface area contributed by atoms with Crippen LogP contribution in [0.2, 0.25) is 5.02 Å². The van der Waals surface area contributed by atoms with E-state index in [9.17, 15) is 19.5 Å². The van der Waals surface area contributed by atoms with Crippen LogP contribution in [0.4, 0.5) is 4.79 Å². The summed E-state index contributed by atoms with van der Waals surface area (Å²) in [6, 6.07) is 21.5. The molecule has 202 valence electrons. The van der Waals surface area contributed by atoms with Crippen molar-refractivity contribution in [3.8, 4) is 11.1 Å². The van der Waals surface area contributed by atoms with Gasteiger partial charge in [-0.1, -0.05) is 67.1 Å². The van der Waals surface area contributed by atoms with E-state index in [0.29, 0.717) is 29.1 Å². The van der Waals surface area contributed by atoms with Gasteiger partial charge in [-0.2, -0.15) is 0 Å². The summed E-state index contributed by atoms with van der Waals surface area (Å²) in [5, 5.41) is 10.4. The van der Waals surface area contributed by atoms with Gasteiger partial charge in [-0.3, -0.25) is 9.59 Å². The number of urea groups is 1. The number of hydrogen-bond donors (Lipinski definition) is 1. The van der Waals surface area contributed by atoms with E-state index < -0.39 is 24.0 Å². The minimum absolute atomic E-state index is 0.128. The van der Waals surface area contributed by atoms with Crippen molar-refractivity contribution in [2.45, 2.75) is 32.7 Å². The van der Waals surface area contributed by atoms with Crippen molar-refractivity contribution in [1.82, 2.24) is 9.80 Å². The Labute approximate surface area is 233 Å². The van der Waals surface area contributed by atoms with E-state index in [1.165, 1.54) is 10.5 Å². The highest BCUT2D eigenvalue weighted by molar-refractivity contribution is 6.30. The Bertz CT molecular complexity index is 1390. The number of carbonyl (C=O) groups is 3. The van der Waals surface area contributed by atoms with Gasteiger partial charge >= 0.3 is 12.0 Å². The summed E-state index contributed by atoms with van der Waals surface area (Å²) in [5.74, 6) is -2.18. The molecule has 8 heteroatoms. The summed E-state index contributed by atoms with van der Waals surface area (Å²) in [4.78, 5) is 45.2. The van der Waals surface area contributed by atoms with Crippen LogP contribution in [0.25, 0.3) is 11.1 Å². The molecule has 0 spiro atoms. The molecule has 1 N–H and O–H groups in total. The quantitative estimate of drug-likeness (QED) is 0.338. The van der Waals surface area contributed by atoms with Crippen molar-refractivity contribution < 1.29 is 19.5 Å². The average molecular weight is 546 g/mol. The van der Waals surface area contributed by atoms with Crippen LogP contribution in [0, 0.1) is 5.92 Å². The maximum atomic E-state index is 13.1. The fourth-order valence-electron chi connectivity index (χ4n) is 4.96. The number of hydrogen-bond acceptors (Lipinski definition) is 3. The molecule has 0 saturated heterocycles. The number of carbonyl (C=O) groups excluding carboxylic acids is 2. The number of carboxylic acids is 1. The first kappa shape index (κ1) is 28.0. The average Bonchev–Trinajstić information content (AvgIpc) is 2.93. The fraction of sp³-hybridized carbons (Fsp3) is 0.290. The first-order valence-electron chi connectivity index (χ1n) is 13.0. The molecule has 39 heavy (non-hydrogen) atoms. The standard InChI is InChI=1S/C31H32ClN3O4/c1-4-21-9-11-22(12-10-21)23-13-15-24(16-14-23)29(36)34(3)17-6-18-35-28(25-7-5-8-26(32)19-25)27(30(37)38)20(2)33-31(35)39/h5,7-16,19,27-28H,4,6,17-18H2,1-3H3,(H,37,38). The van der Waals surface area contributed by atoms with Crippen molar-refractivity contribution in [1.29, 1.82) is 0 Å². The van der Waals surface area contributed by atoms with Crippen LogP contribution in [0.3, 0.4) is 0 Å². The Morgan fingerprint density at radius 2 is 1.67 bits per heavy atom. The number of amides is 3. The minimum Gasteiger partial charge on any atom is -0.481 e. The molecule has 2 atom stereocenters. The van der Waals surface area contributed by atoms with Crippen LogP contribution in [0.1, 0.15) is 47.8 Å². The highest BCUT2D eigenvalue weighted by atomic mass is 35.5. The summed E-state index contributed by atoms with van der Waals surface area (Å²) < 4.78 is 0. The van der Waals surface area contributed by atoms with Crippen LogP contribution in [0.15, 0.2) is 77.8 Å². The molecule has 3 aromatic rings. The predicted octanol–water partition coefficient (Wildman–Crippen LogP) is 6.37. The molecule has 2 unspecified atom stereocenters. The maximum Gasteiger partial charge on any atom is 0.344 e. The van der Waals surface area contributed by atoms with Gasteiger partial charge in [0, 0.05) is 36.4 Å². The Morgan fingerprint density at radius 1 is 1.03 bits per heavy atom. The normalized spacial score (nSPS) is 17.1. The lowest BCUT2D eigenvalue weighted by Crippen LogP contribution is -2.47. The third-order valence-corrected chi connectivity index (χ3v) is 7.38. The van der Waals surface area contributed by atoms with Crippen molar-refractivity contribution in [2.24, 2.45) is 10.9 Å². The Hall–Kier alpha value is -3.97. The Balaban J connectivity index is 1.43. The largest absolute Gasteiger partial charge is 0.481 e. The molecule has 0 bridgehead atoms. The number of carboxylic acid groups (broad SMARTS) is 1. The summed E-state index contributed by atoms with van der Waals surface area (Å²) >= 11 is 6.18. The highest BCUT2D eigenvalue weighted by Crippen LogP contribution is 2.35. The van der Waals surface area contributed by atoms with E-state index in [1.54, 1.807) is 43.1 Å². The topological polar surface area (TPSA) is 90.3 Å². The summed E-state index contributed by atoms with van der Waals surface area (Å²) in [6.07, 6.45) is 1.44. The molecule has 1 aliphatic rings. The Kier molecular flexibility index (Phi) is 8.82. The second-order valence-corrected chi connectivity index (χ2v) is 10.2. The molecule has 4 rings (SSSR count). The monoisotopic (exact) mass is 545 g/mol. The minimum atomic E-state index is -1.06. The number of aliphatic imine (C=N–C) groups is 1. The molecule has 0 aliphatic carbocycles. The van der Waals surface area contributed by atoms with E-state index in [2.05, 4.69) is 36.2 Å². The van der Waals surface area contributed by atoms with Gasteiger partial charge in [0.15, 0.2) is 0 Å². The van der Waals surface area contributed by atoms with Crippen LogP contribution in [-0.4, -0.2) is 58.7 Å². The van der Waals surface area contributed by atoms with Gasteiger partial charge in [0.05, 0.1) is 6.04 Å². The van der Waals surface area contributed by atoms with Gasteiger partial charge in [0.1, 0.15) is 5.92 Å². The number of halogens is 1. The molecular weight excluding hydrogens is 514 g/mol. The smallest absolute Gasteiger partial charge is 0.344 e. The van der Waals surface area contributed by atoms with Crippen molar-refractivity contribution in [3.63, 3.8) is 0 Å². The van der Waals surface area contributed by atoms with E-state index >= 15 is 0 Å². The zero-order valence-corrected chi connectivity index (χ0v) is 23.1. The predicted molar refractivity (Wildman–Crippen MR) is 153 cm³/mol. The van der Waals surface area contributed by atoms with Gasteiger partial charge in [0.2, 0.25) is 0 Å². The van der Waals surface area contributed by atoms with Crippen molar-refractivity contribution in [2.75, 3.05) is 20.1 Å². The molecule has 7 nitrogen and oxygen atoms in total. The van der Waals surface area contributed by atoms with E-state index in [1.807, 2.05) is 24.3 Å². The second kappa shape index (κ2) is 12.3. The summed E-state index contributed by atoms with van der Waals surface area (Å²) in [6.45, 7) is 4.30. The summed E-state index contributed by atoms with van der Waals surface area (Å²) in [5.41, 5.74) is 4.87. The van der Waals surface area contributed by atoms with E-state index in [0.717, 1.165) is 17.5 Å². The van der Waals surface area contributed by atoms with Crippen LogP contribution < -0.4 is 0 Å². The lowest BCUT2D eigenvalue weighted by atomic mass is 9.87. The molecule has 1 aliphatic heterocycles. The molecule has 0 fully saturated rings. The fourth-order valence-corrected chi connectivity index (χ4v) is 5.16. The van der Waals surface area contributed by atoms with Gasteiger partial charge in [-0.05, 0) is 66.3 Å². The second-order valence-electron chi connectivity index (χ2n) is 9.75. The highest BCUT2D eigenvalue weighted by Gasteiger charge is 2.42. The molecule has 0 radical (unpaired) electrons. The van der Waals surface area contributed by atoms with E-state index in [-0.39, 0.29) is 18.2 Å². The van der Waals surface area contributed by atoms with Gasteiger partial charge < -0.3 is 14.9 Å². The number of benzene rings is 3. The molecule has 3 aromatic carbocycles. The van der Waals surface area contributed by atoms with Gasteiger partial charge in [-0.15, -0.1) is 0 Å². The zero-order valence-electron chi connectivity index (χ0n) is 22.3. The molecule has 3 amide bonds. The third-order valence-electron chi connectivity index (χ3n) is 7.14. The number of nitrogens with zero attached hydrogens (tertiary/aromatic N) is 3. The zero-order chi connectivity index (χ0) is 28.1. The number of rotatable bonds is 9. The number of aliphatic carboxylic acids is 1. The van der Waals surface area contributed by atoms with Crippen molar-refractivity contribution in [3.05, 3.63) is 94.5 Å². The Morgan fingerprint density at radius 3 is 2.26 bits per heavy atom. The first-order valence-corrected chi connectivity index (χ1v) is 13.4. The molecule has 1 heterocycles. The van der Waals surface area contributed by atoms with Crippen LogP contribution in [-0.2, 0) is 11.2 Å². The lowest BCUT2D eigenvalue weighted by Gasteiger charge is -2.38. The maximum absolute atomic E-state index is 13.1. The van der Waals surface area contributed by atoms with E-state index in [4.69, 9.17) is 11.6 Å². The SMILES string of the molecule is CCc1ccc(-c2ccc(C(=O)N(C)CCCN3C(=O)N=C(C)C(C(=O)O)C3c3cccc(Cl)c3)cc2)cc1. The number of aryl methyl sites for hydroxylation is 1. The van der Waals surface area contributed by atoms with Crippen LogP contribution in [0.5, 0.6) is 0 Å². The molecule has 0 aromatic heterocycles. The summed E-state index contributed by atoms with van der Waals surface area (Å²) in [7, 11) is 1.72. The molecular formula is C31H32ClN3O4. The van der Waals surface area contributed by atoms with Gasteiger partial charge in [-0.25, -0.2) is 9.79 Å². The van der Waals surface area contributed by atoms with Crippen LogP contribution >= 0.6 is 11.6 Å². The molecule has 0 saturated carbocycles. The van der Waals surface area contributed by atoms with Crippen molar-refractivity contribution >= 4 is 35.2 Å². The van der Waals surface area contributed by atoms with Gasteiger partial charge in [0.25, 0.3) is 5.91 Å². The lowest BCUT2D eigenvalue weighted by molar-refractivity contribution is -0.141. The first-order chi connectivity index (χ1) is 18.7.